The minimum Gasteiger partial charge on any atom is -0.488 e. The van der Waals surface area contributed by atoms with E-state index < -0.39 is 5.97 Å². The predicted octanol–water partition coefficient (Wildman–Crippen LogP) is 5.06. The Labute approximate surface area is 195 Å². The van der Waals surface area contributed by atoms with Crippen LogP contribution in [0.5, 0.6) is 5.75 Å². The van der Waals surface area contributed by atoms with Gasteiger partial charge in [-0.1, -0.05) is 18.2 Å². The van der Waals surface area contributed by atoms with Gasteiger partial charge >= 0.3 is 5.97 Å². The lowest BCUT2D eigenvalue weighted by Gasteiger charge is -2.27. The van der Waals surface area contributed by atoms with E-state index in [2.05, 4.69) is 4.98 Å². The number of rotatable bonds is 7. The summed E-state index contributed by atoms with van der Waals surface area (Å²) in [5, 5.41) is -0.309. The maximum absolute atomic E-state index is 13.4. The van der Waals surface area contributed by atoms with Crippen LogP contribution in [0.15, 0.2) is 60.9 Å². The molecule has 1 unspecified atom stereocenters. The SMILES string of the molecule is CCOC(=O)c1ccc(N2C(=O)CSC2c2ccc(F)cc2)c(C)c1OCc1cccnc1. The lowest BCUT2D eigenvalue weighted by molar-refractivity contribution is -0.115. The number of hydrogen-bond donors (Lipinski definition) is 0. The number of nitrogens with zero attached hydrogens (tertiary/aromatic N) is 2. The van der Waals surface area contributed by atoms with E-state index in [-0.39, 0.29) is 30.3 Å². The van der Waals surface area contributed by atoms with E-state index in [9.17, 15) is 14.0 Å². The highest BCUT2D eigenvalue weighted by atomic mass is 32.2. The van der Waals surface area contributed by atoms with Gasteiger partial charge in [0.2, 0.25) is 5.91 Å². The van der Waals surface area contributed by atoms with Gasteiger partial charge < -0.3 is 9.47 Å². The molecule has 1 aromatic heterocycles. The largest absolute Gasteiger partial charge is 0.488 e. The number of anilines is 1. The topological polar surface area (TPSA) is 68.7 Å². The number of benzene rings is 2. The lowest BCUT2D eigenvalue weighted by Crippen LogP contribution is -2.29. The number of amides is 1. The molecule has 2 aromatic carbocycles. The molecule has 0 radical (unpaired) electrons. The van der Waals surface area contributed by atoms with Crippen LogP contribution in [0.3, 0.4) is 0 Å². The van der Waals surface area contributed by atoms with Gasteiger partial charge in [-0.25, -0.2) is 9.18 Å². The Bertz CT molecular complexity index is 1160. The number of carbonyl (C=O) groups excluding carboxylic acids is 2. The van der Waals surface area contributed by atoms with Crippen molar-refractivity contribution in [3.63, 3.8) is 0 Å². The Morgan fingerprint density at radius 3 is 2.70 bits per heavy atom. The standard InChI is InChI=1S/C25H23FN2O4S/c1-3-31-25(30)20-10-11-21(16(2)23(20)32-14-17-5-4-12-27-13-17)28-22(29)15-33-24(28)18-6-8-19(26)9-7-18/h4-13,24H,3,14-15H2,1-2H3. The Balaban J connectivity index is 1.73. The summed E-state index contributed by atoms with van der Waals surface area (Å²) in [5.74, 6) is -0.240. The van der Waals surface area contributed by atoms with Crippen LogP contribution in [0.25, 0.3) is 0 Å². The number of ether oxygens (including phenoxy) is 2. The molecular weight excluding hydrogens is 443 g/mol. The summed E-state index contributed by atoms with van der Waals surface area (Å²) in [6.07, 6.45) is 3.36. The maximum Gasteiger partial charge on any atom is 0.341 e. The second kappa shape index (κ2) is 10.0. The minimum absolute atomic E-state index is 0.0699. The molecular formula is C25H23FN2O4S. The molecule has 0 bridgehead atoms. The van der Waals surface area contributed by atoms with Crippen molar-refractivity contribution in [2.45, 2.75) is 25.8 Å². The lowest BCUT2D eigenvalue weighted by atomic mass is 10.1. The van der Waals surface area contributed by atoms with Gasteiger partial charge in [0.1, 0.15) is 29.1 Å². The third kappa shape index (κ3) is 4.85. The molecule has 1 aliphatic rings. The van der Waals surface area contributed by atoms with Crippen LogP contribution < -0.4 is 9.64 Å². The molecule has 1 amide bonds. The first kappa shape index (κ1) is 22.8. The molecule has 0 spiro atoms. The summed E-state index contributed by atoms with van der Waals surface area (Å²) in [4.78, 5) is 31.3. The van der Waals surface area contributed by atoms with Crippen molar-refractivity contribution in [3.05, 3.63) is 89.0 Å². The van der Waals surface area contributed by atoms with Gasteiger partial charge in [-0.05, 0) is 49.7 Å². The van der Waals surface area contributed by atoms with Crippen molar-refractivity contribution in [2.75, 3.05) is 17.3 Å². The van der Waals surface area contributed by atoms with E-state index in [4.69, 9.17) is 9.47 Å². The molecule has 0 aliphatic carbocycles. The van der Waals surface area contributed by atoms with E-state index in [0.717, 1.165) is 11.1 Å². The molecule has 6 nitrogen and oxygen atoms in total. The summed E-state index contributed by atoms with van der Waals surface area (Å²) < 4.78 is 24.7. The fourth-order valence-corrected chi connectivity index (χ4v) is 4.86. The van der Waals surface area contributed by atoms with E-state index in [0.29, 0.717) is 28.3 Å². The fraction of sp³-hybridized carbons (Fsp3) is 0.240. The summed E-state index contributed by atoms with van der Waals surface area (Å²) in [6.45, 7) is 3.99. The summed E-state index contributed by atoms with van der Waals surface area (Å²) in [6, 6.07) is 13.2. The second-order valence-corrected chi connectivity index (χ2v) is 8.50. The zero-order valence-electron chi connectivity index (χ0n) is 18.3. The van der Waals surface area contributed by atoms with Crippen molar-refractivity contribution in [2.24, 2.45) is 0 Å². The van der Waals surface area contributed by atoms with Gasteiger partial charge in [-0.3, -0.25) is 14.7 Å². The van der Waals surface area contributed by atoms with Crippen LogP contribution in [0.4, 0.5) is 10.1 Å². The summed E-state index contributed by atoms with van der Waals surface area (Å²) in [5.41, 5.74) is 3.23. The highest BCUT2D eigenvalue weighted by Crippen LogP contribution is 2.45. The normalized spacial score (nSPS) is 15.5. The molecule has 1 saturated heterocycles. The monoisotopic (exact) mass is 466 g/mol. The quantitative estimate of drug-likeness (QED) is 0.453. The number of carbonyl (C=O) groups is 2. The van der Waals surface area contributed by atoms with Crippen molar-refractivity contribution in [1.82, 2.24) is 4.98 Å². The third-order valence-electron chi connectivity index (χ3n) is 5.26. The van der Waals surface area contributed by atoms with Crippen molar-refractivity contribution in [1.29, 1.82) is 0 Å². The Hall–Kier alpha value is -3.39. The average molecular weight is 467 g/mol. The van der Waals surface area contributed by atoms with Gasteiger partial charge in [-0.2, -0.15) is 0 Å². The van der Waals surface area contributed by atoms with E-state index in [1.54, 1.807) is 48.5 Å². The van der Waals surface area contributed by atoms with Crippen LogP contribution >= 0.6 is 11.8 Å². The number of esters is 1. The first-order valence-corrected chi connectivity index (χ1v) is 11.6. The Morgan fingerprint density at radius 2 is 2.00 bits per heavy atom. The third-order valence-corrected chi connectivity index (χ3v) is 6.47. The fourth-order valence-electron chi connectivity index (χ4n) is 3.70. The average Bonchev–Trinajstić information content (AvgIpc) is 3.20. The number of pyridine rings is 1. The molecule has 0 saturated carbocycles. The number of halogens is 1. The number of thioether (sulfide) groups is 1. The molecule has 3 aromatic rings. The minimum atomic E-state index is -0.495. The molecule has 170 valence electrons. The molecule has 4 rings (SSSR count). The first-order chi connectivity index (χ1) is 16.0. The number of hydrogen-bond acceptors (Lipinski definition) is 6. The van der Waals surface area contributed by atoms with Crippen molar-refractivity contribution < 1.29 is 23.5 Å². The van der Waals surface area contributed by atoms with Gasteiger partial charge in [0.05, 0.1) is 18.0 Å². The van der Waals surface area contributed by atoms with Crippen LogP contribution in [-0.4, -0.2) is 29.2 Å². The Morgan fingerprint density at radius 1 is 1.21 bits per heavy atom. The van der Waals surface area contributed by atoms with Gasteiger partial charge in [0.15, 0.2) is 0 Å². The van der Waals surface area contributed by atoms with Crippen LogP contribution in [0.2, 0.25) is 0 Å². The molecule has 2 heterocycles. The number of aromatic nitrogens is 1. The van der Waals surface area contributed by atoms with Gasteiger partial charge in [-0.15, -0.1) is 11.8 Å². The Kier molecular flexibility index (Phi) is 6.93. The van der Waals surface area contributed by atoms with E-state index >= 15 is 0 Å². The molecule has 1 atom stereocenters. The van der Waals surface area contributed by atoms with Gasteiger partial charge in [0, 0.05) is 23.5 Å². The molecule has 1 aliphatic heterocycles. The van der Waals surface area contributed by atoms with Crippen LogP contribution in [-0.2, 0) is 16.1 Å². The van der Waals surface area contributed by atoms with Crippen LogP contribution in [0.1, 0.15) is 39.3 Å². The van der Waals surface area contributed by atoms with Crippen molar-refractivity contribution >= 4 is 29.3 Å². The van der Waals surface area contributed by atoms with Crippen molar-refractivity contribution in [3.8, 4) is 5.75 Å². The highest BCUT2D eigenvalue weighted by Gasteiger charge is 2.36. The molecule has 1 fully saturated rings. The zero-order valence-corrected chi connectivity index (χ0v) is 19.1. The van der Waals surface area contributed by atoms with E-state index in [1.807, 2.05) is 19.1 Å². The maximum atomic E-state index is 13.4. The highest BCUT2D eigenvalue weighted by molar-refractivity contribution is 8.00. The first-order valence-electron chi connectivity index (χ1n) is 10.5. The molecule has 33 heavy (non-hydrogen) atoms. The summed E-state index contributed by atoms with van der Waals surface area (Å²) >= 11 is 1.47. The van der Waals surface area contributed by atoms with Crippen LogP contribution in [0, 0.1) is 12.7 Å². The summed E-state index contributed by atoms with van der Waals surface area (Å²) in [7, 11) is 0. The predicted molar refractivity (Wildman–Crippen MR) is 125 cm³/mol. The van der Waals surface area contributed by atoms with Gasteiger partial charge in [0.25, 0.3) is 0 Å². The smallest absolute Gasteiger partial charge is 0.341 e. The molecule has 8 heteroatoms. The van der Waals surface area contributed by atoms with E-state index in [1.165, 1.54) is 23.9 Å². The zero-order chi connectivity index (χ0) is 23.4. The molecule has 0 N–H and O–H groups in total. The second-order valence-electron chi connectivity index (χ2n) is 7.44.